The highest BCUT2D eigenvalue weighted by Crippen LogP contribution is 2.24. The molecule has 1 aromatic rings. The molecule has 0 aliphatic rings. The van der Waals surface area contributed by atoms with E-state index in [1.54, 1.807) is 29.8 Å². The Morgan fingerprint density at radius 2 is 2.24 bits per heavy atom. The lowest BCUT2D eigenvalue weighted by Crippen LogP contribution is -2.28. The van der Waals surface area contributed by atoms with Gasteiger partial charge in [-0.05, 0) is 25.0 Å². The van der Waals surface area contributed by atoms with Gasteiger partial charge in [-0.1, -0.05) is 20.3 Å². The largest absolute Gasteiger partial charge is 0.464 e. The number of carbonyl (C=O) groups excluding carboxylic acids is 2. The number of rotatable bonds is 6. The number of ether oxygens (including phenoxy) is 1. The summed E-state index contributed by atoms with van der Waals surface area (Å²) >= 11 is 0. The normalized spacial score (nSPS) is 14.1. The van der Waals surface area contributed by atoms with Gasteiger partial charge in [-0.25, -0.2) is 4.79 Å². The number of hydrogen-bond acceptors (Lipinski definition) is 3. The lowest BCUT2D eigenvalue weighted by molar-refractivity contribution is -0.148. The molecule has 0 radical (unpaired) electrons. The van der Waals surface area contributed by atoms with Gasteiger partial charge in [0.1, 0.15) is 6.04 Å². The van der Waals surface area contributed by atoms with Crippen LogP contribution in [0.5, 0.6) is 0 Å². The Labute approximate surface area is 102 Å². The van der Waals surface area contributed by atoms with Crippen LogP contribution in [0.15, 0.2) is 18.3 Å². The van der Waals surface area contributed by atoms with Crippen molar-refractivity contribution in [3.05, 3.63) is 24.0 Å². The van der Waals surface area contributed by atoms with Crippen LogP contribution in [0.3, 0.4) is 0 Å². The highest BCUT2D eigenvalue weighted by Gasteiger charge is 2.28. The highest BCUT2D eigenvalue weighted by atomic mass is 16.5. The van der Waals surface area contributed by atoms with Crippen LogP contribution in [0.2, 0.25) is 0 Å². The first-order chi connectivity index (χ1) is 8.15. The number of nitrogens with zero attached hydrogens (tertiary/aromatic N) is 1. The van der Waals surface area contributed by atoms with Gasteiger partial charge >= 0.3 is 5.97 Å². The van der Waals surface area contributed by atoms with Crippen molar-refractivity contribution >= 4 is 12.3 Å². The van der Waals surface area contributed by atoms with E-state index >= 15 is 0 Å². The van der Waals surface area contributed by atoms with E-state index in [1.165, 1.54) is 0 Å². The van der Waals surface area contributed by atoms with Crippen molar-refractivity contribution in [3.63, 3.8) is 0 Å². The molecule has 0 saturated carbocycles. The first-order valence-electron chi connectivity index (χ1n) is 5.94. The first-order valence-corrected chi connectivity index (χ1v) is 5.94. The number of aromatic nitrogens is 1. The van der Waals surface area contributed by atoms with Crippen molar-refractivity contribution in [1.82, 2.24) is 4.57 Å². The summed E-state index contributed by atoms with van der Waals surface area (Å²) in [5.41, 5.74) is 0.503. The molecule has 0 saturated heterocycles. The summed E-state index contributed by atoms with van der Waals surface area (Å²) in [6.07, 6.45) is 3.35. The van der Waals surface area contributed by atoms with Crippen molar-refractivity contribution in [2.45, 2.75) is 33.2 Å². The van der Waals surface area contributed by atoms with E-state index in [4.69, 9.17) is 4.74 Å². The molecule has 0 unspecified atom stereocenters. The van der Waals surface area contributed by atoms with E-state index in [0.717, 1.165) is 12.7 Å². The Balaban J connectivity index is 3.05. The SMILES string of the molecule is CCOC(=O)[C@@H]([C@@H](C)CC)n1cccc1C=O. The average molecular weight is 237 g/mol. The molecule has 0 N–H and O–H groups in total. The molecule has 0 aliphatic carbocycles. The minimum atomic E-state index is -0.421. The number of carbonyl (C=O) groups is 2. The fraction of sp³-hybridized carbons (Fsp3) is 0.538. The topological polar surface area (TPSA) is 48.3 Å². The van der Waals surface area contributed by atoms with Crippen molar-refractivity contribution in [1.29, 1.82) is 0 Å². The molecule has 1 aromatic heterocycles. The molecule has 0 aliphatic heterocycles. The Morgan fingerprint density at radius 1 is 1.53 bits per heavy atom. The van der Waals surface area contributed by atoms with Gasteiger partial charge in [0.05, 0.1) is 12.3 Å². The molecule has 2 atom stereocenters. The molecule has 4 heteroatoms. The molecule has 1 heterocycles. The van der Waals surface area contributed by atoms with Crippen LogP contribution in [0.25, 0.3) is 0 Å². The minimum Gasteiger partial charge on any atom is -0.464 e. The van der Waals surface area contributed by atoms with Gasteiger partial charge in [0.15, 0.2) is 6.29 Å². The molecule has 17 heavy (non-hydrogen) atoms. The number of aldehydes is 1. The van der Waals surface area contributed by atoms with Crippen molar-refractivity contribution < 1.29 is 14.3 Å². The second-order valence-corrected chi connectivity index (χ2v) is 4.04. The van der Waals surface area contributed by atoms with Crippen LogP contribution in [-0.2, 0) is 9.53 Å². The van der Waals surface area contributed by atoms with Gasteiger partial charge in [-0.2, -0.15) is 0 Å². The van der Waals surface area contributed by atoms with Crippen LogP contribution in [0.1, 0.15) is 43.7 Å². The molecule has 4 nitrogen and oxygen atoms in total. The van der Waals surface area contributed by atoms with E-state index in [-0.39, 0.29) is 11.9 Å². The maximum absolute atomic E-state index is 12.0. The minimum absolute atomic E-state index is 0.125. The Hall–Kier alpha value is -1.58. The van der Waals surface area contributed by atoms with Gasteiger partial charge in [0.2, 0.25) is 0 Å². The summed E-state index contributed by atoms with van der Waals surface area (Å²) < 4.78 is 6.77. The number of hydrogen-bond donors (Lipinski definition) is 0. The summed E-state index contributed by atoms with van der Waals surface area (Å²) in [7, 11) is 0. The summed E-state index contributed by atoms with van der Waals surface area (Å²) in [4.78, 5) is 22.9. The Bertz CT molecular complexity index is 384. The summed E-state index contributed by atoms with van der Waals surface area (Å²) in [6, 6.07) is 3.04. The second kappa shape index (κ2) is 6.23. The standard InChI is InChI=1S/C13H19NO3/c1-4-10(3)12(13(16)17-5-2)14-8-6-7-11(14)9-15/h6-10,12H,4-5H2,1-3H3/t10-,12+/m0/s1. The van der Waals surface area contributed by atoms with E-state index in [0.29, 0.717) is 12.3 Å². The number of esters is 1. The Morgan fingerprint density at radius 3 is 2.76 bits per heavy atom. The monoisotopic (exact) mass is 237 g/mol. The van der Waals surface area contributed by atoms with Crippen molar-refractivity contribution in [3.8, 4) is 0 Å². The summed E-state index contributed by atoms with van der Waals surface area (Å²) in [6.45, 7) is 6.13. The van der Waals surface area contributed by atoms with Crippen LogP contribution in [0.4, 0.5) is 0 Å². The molecular weight excluding hydrogens is 218 g/mol. The van der Waals surface area contributed by atoms with E-state index in [9.17, 15) is 9.59 Å². The zero-order chi connectivity index (χ0) is 12.8. The van der Waals surface area contributed by atoms with Crippen molar-refractivity contribution in [2.24, 2.45) is 5.92 Å². The van der Waals surface area contributed by atoms with E-state index < -0.39 is 6.04 Å². The predicted molar refractivity (Wildman–Crippen MR) is 64.9 cm³/mol. The molecular formula is C13H19NO3. The molecule has 94 valence electrons. The summed E-state index contributed by atoms with van der Waals surface area (Å²) in [5, 5.41) is 0. The van der Waals surface area contributed by atoms with Gasteiger partial charge in [0.25, 0.3) is 0 Å². The molecule has 1 rings (SSSR count). The maximum Gasteiger partial charge on any atom is 0.329 e. The quantitative estimate of drug-likeness (QED) is 0.564. The van der Waals surface area contributed by atoms with E-state index in [2.05, 4.69) is 0 Å². The van der Waals surface area contributed by atoms with Gasteiger partial charge in [0, 0.05) is 6.20 Å². The molecule has 0 aromatic carbocycles. The van der Waals surface area contributed by atoms with Crippen LogP contribution >= 0.6 is 0 Å². The second-order valence-electron chi connectivity index (χ2n) is 4.04. The van der Waals surface area contributed by atoms with Crippen LogP contribution in [-0.4, -0.2) is 23.4 Å². The van der Waals surface area contributed by atoms with E-state index in [1.807, 2.05) is 13.8 Å². The lowest BCUT2D eigenvalue weighted by atomic mass is 9.99. The molecule has 0 bridgehead atoms. The fourth-order valence-electron chi connectivity index (χ4n) is 1.83. The lowest BCUT2D eigenvalue weighted by Gasteiger charge is -2.23. The molecule has 0 spiro atoms. The third-order valence-corrected chi connectivity index (χ3v) is 2.94. The fourth-order valence-corrected chi connectivity index (χ4v) is 1.83. The predicted octanol–water partition coefficient (Wildman–Crippen LogP) is 2.45. The molecule has 0 fully saturated rings. The maximum atomic E-state index is 12.0. The third kappa shape index (κ3) is 2.96. The highest BCUT2D eigenvalue weighted by molar-refractivity contribution is 5.78. The smallest absolute Gasteiger partial charge is 0.329 e. The third-order valence-electron chi connectivity index (χ3n) is 2.94. The zero-order valence-corrected chi connectivity index (χ0v) is 10.6. The van der Waals surface area contributed by atoms with Crippen LogP contribution in [0, 0.1) is 5.92 Å². The van der Waals surface area contributed by atoms with Crippen molar-refractivity contribution in [2.75, 3.05) is 6.61 Å². The van der Waals surface area contributed by atoms with Gasteiger partial charge in [-0.3, -0.25) is 4.79 Å². The molecule has 0 amide bonds. The zero-order valence-electron chi connectivity index (χ0n) is 10.6. The van der Waals surface area contributed by atoms with Gasteiger partial charge in [-0.15, -0.1) is 0 Å². The first kappa shape index (κ1) is 13.5. The average Bonchev–Trinajstić information content (AvgIpc) is 2.77. The Kier molecular flexibility index (Phi) is 4.94. The van der Waals surface area contributed by atoms with Crippen LogP contribution < -0.4 is 0 Å². The summed E-state index contributed by atoms with van der Waals surface area (Å²) in [5.74, 6) is -0.152. The van der Waals surface area contributed by atoms with Gasteiger partial charge < -0.3 is 9.30 Å².